The molecule has 0 heterocycles. The first-order valence-corrected chi connectivity index (χ1v) is 10.1. The number of carbonyl (C=O) groups excluding carboxylic acids is 1. The summed E-state index contributed by atoms with van der Waals surface area (Å²) in [6.07, 6.45) is 1.84. The van der Waals surface area contributed by atoms with E-state index in [0.29, 0.717) is 35.7 Å². The van der Waals surface area contributed by atoms with Gasteiger partial charge in [-0.05, 0) is 54.2 Å². The quantitative estimate of drug-likeness (QED) is 0.532. The molecule has 2 N–H and O–H groups in total. The molecule has 0 bridgehead atoms. The van der Waals surface area contributed by atoms with Gasteiger partial charge in [0.25, 0.3) is 0 Å². The second-order valence-electron chi connectivity index (χ2n) is 8.01. The molecule has 29 heavy (non-hydrogen) atoms. The first kappa shape index (κ1) is 22.8. The van der Waals surface area contributed by atoms with Crippen molar-refractivity contribution in [1.29, 1.82) is 0 Å². The average Bonchev–Trinajstić information content (AvgIpc) is 2.63. The molecule has 1 amide bonds. The Labute approximate surface area is 177 Å². The molecule has 0 atom stereocenters. The Morgan fingerprint density at radius 3 is 2.38 bits per heavy atom. The van der Waals surface area contributed by atoms with Gasteiger partial charge in [-0.25, -0.2) is 0 Å². The van der Waals surface area contributed by atoms with Gasteiger partial charge in [0, 0.05) is 22.7 Å². The van der Waals surface area contributed by atoms with Crippen molar-refractivity contribution in [3.63, 3.8) is 0 Å². The number of aliphatic carboxylic acids is 1. The van der Waals surface area contributed by atoms with Crippen molar-refractivity contribution in [2.24, 2.45) is 0 Å². The van der Waals surface area contributed by atoms with Gasteiger partial charge in [-0.15, -0.1) is 0 Å². The van der Waals surface area contributed by atoms with Crippen LogP contribution >= 0.6 is 11.6 Å². The summed E-state index contributed by atoms with van der Waals surface area (Å²) in [7, 11) is 0. The van der Waals surface area contributed by atoms with Crippen LogP contribution in [0.15, 0.2) is 42.5 Å². The van der Waals surface area contributed by atoms with Gasteiger partial charge in [0.1, 0.15) is 5.75 Å². The second-order valence-corrected chi connectivity index (χ2v) is 8.45. The number of carbonyl (C=O) groups is 2. The van der Waals surface area contributed by atoms with Crippen molar-refractivity contribution < 1.29 is 19.4 Å². The van der Waals surface area contributed by atoms with Crippen LogP contribution in [0.1, 0.15) is 51.2 Å². The minimum atomic E-state index is -0.878. The van der Waals surface area contributed by atoms with Gasteiger partial charge in [0.2, 0.25) is 5.91 Å². The van der Waals surface area contributed by atoms with Crippen molar-refractivity contribution in [2.45, 2.75) is 51.9 Å². The Balaban J connectivity index is 1.74. The molecule has 0 saturated heterocycles. The van der Waals surface area contributed by atoms with Crippen LogP contribution in [0, 0.1) is 0 Å². The predicted molar refractivity (Wildman–Crippen MR) is 116 cm³/mol. The van der Waals surface area contributed by atoms with Gasteiger partial charge in [-0.2, -0.15) is 0 Å². The highest BCUT2D eigenvalue weighted by molar-refractivity contribution is 6.30. The molecule has 0 aromatic heterocycles. The molecule has 0 spiro atoms. The molecule has 6 heteroatoms. The number of carboxylic acids is 1. The van der Waals surface area contributed by atoms with Gasteiger partial charge in [-0.1, -0.05) is 44.5 Å². The maximum absolute atomic E-state index is 12.1. The van der Waals surface area contributed by atoms with Crippen LogP contribution in [0.5, 0.6) is 5.75 Å². The van der Waals surface area contributed by atoms with Crippen LogP contribution in [-0.2, 0) is 21.4 Å². The number of carboxylic acid groups (broad SMARTS) is 1. The minimum Gasteiger partial charge on any atom is -0.493 e. The van der Waals surface area contributed by atoms with E-state index < -0.39 is 5.97 Å². The van der Waals surface area contributed by atoms with Gasteiger partial charge >= 0.3 is 5.97 Å². The average molecular weight is 418 g/mol. The van der Waals surface area contributed by atoms with Crippen LogP contribution < -0.4 is 10.1 Å². The molecule has 0 fully saturated rings. The lowest BCUT2D eigenvalue weighted by Crippen LogP contribution is -2.14. The lowest BCUT2D eigenvalue weighted by molar-refractivity contribution is -0.136. The van der Waals surface area contributed by atoms with Crippen LogP contribution in [0.25, 0.3) is 0 Å². The van der Waals surface area contributed by atoms with E-state index in [1.165, 1.54) is 0 Å². The third-order valence-electron chi connectivity index (χ3n) is 4.40. The third-order valence-corrected chi connectivity index (χ3v) is 4.63. The number of anilines is 1. The first-order chi connectivity index (χ1) is 13.6. The number of rotatable bonds is 9. The topological polar surface area (TPSA) is 75.6 Å². The lowest BCUT2D eigenvalue weighted by atomic mass is 9.86. The van der Waals surface area contributed by atoms with Crippen molar-refractivity contribution in [2.75, 3.05) is 11.9 Å². The van der Waals surface area contributed by atoms with E-state index in [1.807, 2.05) is 18.2 Å². The Hall–Kier alpha value is -2.53. The van der Waals surface area contributed by atoms with E-state index in [1.54, 1.807) is 24.3 Å². The fourth-order valence-corrected chi connectivity index (χ4v) is 3.06. The zero-order chi connectivity index (χ0) is 21.4. The molecule has 0 saturated carbocycles. The van der Waals surface area contributed by atoms with E-state index >= 15 is 0 Å². The zero-order valence-electron chi connectivity index (χ0n) is 17.1. The van der Waals surface area contributed by atoms with E-state index in [2.05, 4.69) is 26.1 Å². The van der Waals surface area contributed by atoms with Crippen LogP contribution in [0.4, 0.5) is 5.69 Å². The predicted octanol–water partition coefficient (Wildman–Crippen LogP) is 5.45. The summed E-state index contributed by atoms with van der Waals surface area (Å²) in [5, 5.41) is 12.3. The van der Waals surface area contributed by atoms with E-state index in [0.717, 1.165) is 17.7 Å². The Morgan fingerprint density at radius 1 is 1.07 bits per heavy atom. The summed E-state index contributed by atoms with van der Waals surface area (Å²) in [5.74, 6) is -0.122. The van der Waals surface area contributed by atoms with Gasteiger partial charge in [-0.3, -0.25) is 9.59 Å². The molecular weight excluding hydrogens is 390 g/mol. The number of unbranched alkanes of at least 4 members (excludes halogenated alkanes) is 1. The Morgan fingerprint density at radius 2 is 1.76 bits per heavy atom. The Bertz CT molecular complexity index is 841. The van der Waals surface area contributed by atoms with Crippen molar-refractivity contribution in [1.82, 2.24) is 0 Å². The van der Waals surface area contributed by atoms with E-state index in [-0.39, 0.29) is 17.7 Å². The largest absolute Gasteiger partial charge is 0.493 e. The van der Waals surface area contributed by atoms with E-state index in [4.69, 9.17) is 21.4 Å². The second kappa shape index (κ2) is 10.3. The van der Waals surface area contributed by atoms with Crippen molar-refractivity contribution >= 4 is 29.2 Å². The molecule has 2 aromatic carbocycles. The molecule has 156 valence electrons. The molecule has 0 aliphatic rings. The third kappa shape index (κ3) is 7.78. The smallest absolute Gasteiger partial charge is 0.307 e. The first-order valence-electron chi connectivity index (χ1n) is 9.68. The number of ether oxygens (including phenoxy) is 1. The molecule has 0 aliphatic carbocycles. The van der Waals surface area contributed by atoms with Crippen LogP contribution in [-0.4, -0.2) is 23.6 Å². The van der Waals surface area contributed by atoms with E-state index in [9.17, 15) is 9.59 Å². The lowest BCUT2D eigenvalue weighted by Gasteiger charge is -2.23. The summed E-state index contributed by atoms with van der Waals surface area (Å²) < 4.78 is 5.93. The summed E-state index contributed by atoms with van der Waals surface area (Å²) in [6, 6.07) is 12.5. The maximum atomic E-state index is 12.1. The molecule has 0 aliphatic heterocycles. The van der Waals surface area contributed by atoms with Crippen molar-refractivity contribution in [3.8, 4) is 5.75 Å². The summed E-state index contributed by atoms with van der Waals surface area (Å²) in [6.45, 7) is 6.88. The number of amides is 1. The standard InChI is InChI=1S/C23H28ClNO4/c1-23(2,3)19-15-17(24)9-12-20(19)29-13-5-4-6-21(26)25-18-10-7-16(8-11-18)14-22(27)28/h7-12,15H,4-6,13-14H2,1-3H3,(H,25,26)(H,27,28). The number of halogens is 1. The highest BCUT2D eigenvalue weighted by atomic mass is 35.5. The number of hydrogen-bond acceptors (Lipinski definition) is 3. The molecule has 2 aromatic rings. The maximum Gasteiger partial charge on any atom is 0.307 e. The monoisotopic (exact) mass is 417 g/mol. The normalized spacial score (nSPS) is 11.2. The fraction of sp³-hybridized carbons (Fsp3) is 0.391. The molecule has 5 nitrogen and oxygen atoms in total. The SMILES string of the molecule is CC(C)(C)c1cc(Cl)ccc1OCCCCC(=O)Nc1ccc(CC(=O)O)cc1. The van der Waals surface area contributed by atoms with Crippen molar-refractivity contribution in [3.05, 3.63) is 58.6 Å². The molecule has 2 rings (SSSR count). The Kier molecular flexibility index (Phi) is 8.09. The highest BCUT2D eigenvalue weighted by Crippen LogP contribution is 2.33. The summed E-state index contributed by atoms with van der Waals surface area (Å²) in [4.78, 5) is 22.8. The highest BCUT2D eigenvalue weighted by Gasteiger charge is 2.19. The number of benzene rings is 2. The number of nitrogens with one attached hydrogen (secondary N) is 1. The fourth-order valence-electron chi connectivity index (χ4n) is 2.89. The zero-order valence-corrected chi connectivity index (χ0v) is 17.9. The number of hydrogen-bond donors (Lipinski definition) is 2. The van der Waals surface area contributed by atoms with Crippen LogP contribution in [0.2, 0.25) is 5.02 Å². The summed E-state index contributed by atoms with van der Waals surface area (Å²) >= 11 is 6.11. The summed E-state index contributed by atoms with van der Waals surface area (Å²) in [5.41, 5.74) is 2.36. The van der Waals surface area contributed by atoms with Gasteiger partial charge in [0.15, 0.2) is 0 Å². The van der Waals surface area contributed by atoms with Gasteiger partial charge < -0.3 is 15.2 Å². The van der Waals surface area contributed by atoms with Gasteiger partial charge in [0.05, 0.1) is 13.0 Å². The molecule has 0 radical (unpaired) electrons. The van der Waals surface area contributed by atoms with Crippen LogP contribution in [0.3, 0.4) is 0 Å². The molecule has 0 unspecified atom stereocenters. The molecular formula is C23H28ClNO4. The minimum absolute atomic E-state index is 0.0290.